The summed E-state index contributed by atoms with van der Waals surface area (Å²) in [5.41, 5.74) is 3.46. The van der Waals surface area contributed by atoms with Crippen molar-refractivity contribution in [2.45, 2.75) is 20.8 Å². The van der Waals surface area contributed by atoms with Crippen LogP contribution in [-0.4, -0.2) is 5.88 Å². The lowest BCUT2D eigenvalue weighted by atomic mass is 10.0. The minimum atomic E-state index is 0.475. The second kappa shape index (κ2) is 5.58. The van der Waals surface area contributed by atoms with Gasteiger partial charge in [0.25, 0.3) is 0 Å². The van der Waals surface area contributed by atoms with E-state index in [1.165, 1.54) is 5.57 Å². The van der Waals surface area contributed by atoms with E-state index in [9.17, 15) is 0 Å². The minimum Gasteiger partial charge on any atom is -0.122 e. The van der Waals surface area contributed by atoms with Crippen LogP contribution in [0.3, 0.4) is 0 Å². The molecule has 2 heteroatoms. The highest BCUT2D eigenvalue weighted by Crippen LogP contribution is 2.21. The summed E-state index contributed by atoms with van der Waals surface area (Å²) in [4.78, 5) is 0. The minimum absolute atomic E-state index is 0.475. The van der Waals surface area contributed by atoms with Gasteiger partial charge in [0.1, 0.15) is 0 Å². The standard InChI is InChI=1S/C13H16Cl2/c1-9(2)12(8-14)6-11-5-4-10(3)13(15)7-11/h4-7,9H,8H2,1-3H3/b12-6+. The molecule has 0 amide bonds. The molecule has 0 bridgehead atoms. The molecule has 0 radical (unpaired) electrons. The Bertz CT molecular complexity index is 365. The van der Waals surface area contributed by atoms with Gasteiger partial charge >= 0.3 is 0 Å². The number of allylic oxidation sites excluding steroid dienone is 1. The SMILES string of the molecule is Cc1ccc(/C=C(\CCl)C(C)C)cc1Cl. The van der Waals surface area contributed by atoms with Crippen LogP contribution in [0.1, 0.15) is 25.0 Å². The van der Waals surface area contributed by atoms with Crippen LogP contribution in [0.4, 0.5) is 0 Å². The quantitative estimate of drug-likeness (QED) is 0.660. The zero-order valence-electron chi connectivity index (χ0n) is 9.35. The van der Waals surface area contributed by atoms with Gasteiger partial charge in [0, 0.05) is 10.9 Å². The molecule has 0 aliphatic carbocycles. The highest BCUT2D eigenvalue weighted by Gasteiger charge is 2.02. The van der Waals surface area contributed by atoms with Crippen LogP contribution in [0.15, 0.2) is 23.8 Å². The summed E-state index contributed by atoms with van der Waals surface area (Å²) in [5, 5.41) is 0.807. The van der Waals surface area contributed by atoms with Crippen molar-refractivity contribution in [2.75, 3.05) is 5.88 Å². The zero-order valence-corrected chi connectivity index (χ0v) is 10.9. The summed E-state index contributed by atoms with van der Waals surface area (Å²) >= 11 is 11.9. The van der Waals surface area contributed by atoms with E-state index in [1.807, 2.05) is 19.1 Å². The smallest absolute Gasteiger partial charge is 0.0441 e. The monoisotopic (exact) mass is 242 g/mol. The molecule has 0 unspecified atom stereocenters. The molecule has 0 fully saturated rings. The van der Waals surface area contributed by atoms with Gasteiger partial charge in [-0.25, -0.2) is 0 Å². The van der Waals surface area contributed by atoms with Crippen molar-refractivity contribution in [1.29, 1.82) is 0 Å². The van der Waals surface area contributed by atoms with Crippen LogP contribution in [0.2, 0.25) is 5.02 Å². The first-order valence-electron chi connectivity index (χ1n) is 5.07. The molecule has 1 rings (SSSR count). The van der Waals surface area contributed by atoms with E-state index < -0.39 is 0 Å². The van der Waals surface area contributed by atoms with Gasteiger partial charge in [-0.1, -0.05) is 49.2 Å². The van der Waals surface area contributed by atoms with Crippen molar-refractivity contribution < 1.29 is 0 Å². The zero-order chi connectivity index (χ0) is 11.4. The molecular formula is C13H16Cl2. The van der Waals surface area contributed by atoms with Gasteiger partial charge in [-0.15, -0.1) is 11.6 Å². The lowest BCUT2D eigenvalue weighted by Gasteiger charge is -2.08. The molecule has 0 atom stereocenters. The first-order chi connectivity index (χ1) is 7.04. The Morgan fingerprint density at radius 1 is 1.40 bits per heavy atom. The maximum atomic E-state index is 6.06. The Morgan fingerprint density at radius 3 is 2.53 bits per heavy atom. The van der Waals surface area contributed by atoms with Crippen LogP contribution >= 0.6 is 23.2 Å². The molecule has 0 aromatic heterocycles. The number of hydrogen-bond acceptors (Lipinski definition) is 0. The van der Waals surface area contributed by atoms with Crippen LogP contribution < -0.4 is 0 Å². The van der Waals surface area contributed by atoms with E-state index in [1.54, 1.807) is 0 Å². The van der Waals surface area contributed by atoms with E-state index in [2.05, 4.69) is 26.0 Å². The highest BCUT2D eigenvalue weighted by molar-refractivity contribution is 6.31. The van der Waals surface area contributed by atoms with Crippen LogP contribution in [0.25, 0.3) is 6.08 Å². The topological polar surface area (TPSA) is 0 Å². The molecule has 0 heterocycles. The fourth-order valence-corrected chi connectivity index (χ4v) is 1.85. The summed E-state index contributed by atoms with van der Waals surface area (Å²) in [6, 6.07) is 6.07. The number of alkyl halides is 1. The van der Waals surface area contributed by atoms with Gasteiger partial charge in [0.15, 0.2) is 0 Å². The van der Waals surface area contributed by atoms with Crippen LogP contribution in [0, 0.1) is 12.8 Å². The normalized spacial score (nSPS) is 12.3. The lowest BCUT2D eigenvalue weighted by Crippen LogP contribution is -1.95. The Balaban J connectivity index is 3.01. The predicted molar refractivity (Wildman–Crippen MR) is 69.7 cm³/mol. The van der Waals surface area contributed by atoms with Crippen molar-refractivity contribution in [3.8, 4) is 0 Å². The Kier molecular flexibility index (Phi) is 4.69. The highest BCUT2D eigenvalue weighted by atomic mass is 35.5. The third kappa shape index (κ3) is 3.55. The third-order valence-electron chi connectivity index (χ3n) is 2.44. The van der Waals surface area contributed by atoms with Crippen LogP contribution in [-0.2, 0) is 0 Å². The Hall–Kier alpha value is -0.460. The maximum absolute atomic E-state index is 6.06. The lowest BCUT2D eigenvalue weighted by molar-refractivity contribution is 0.778. The van der Waals surface area contributed by atoms with Crippen molar-refractivity contribution in [2.24, 2.45) is 5.92 Å². The molecule has 0 nitrogen and oxygen atoms in total. The summed E-state index contributed by atoms with van der Waals surface area (Å²) in [5.74, 6) is 1.05. The number of aryl methyl sites for hydroxylation is 1. The Morgan fingerprint density at radius 2 is 2.07 bits per heavy atom. The molecule has 0 spiro atoms. The van der Waals surface area contributed by atoms with Crippen molar-refractivity contribution in [3.05, 3.63) is 39.9 Å². The summed E-state index contributed by atoms with van der Waals surface area (Å²) in [7, 11) is 0. The van der Waals surface area contributed by atoms with E-state index in [0.717, 1.165) is 16.1 Å². The largest absolute Gasteiger partial charge is 0.122 e. The maximum Gasteiger partial charge on any atom is 0.0441 e. The number of hydrogen-bond donors (Lipinski definition) is 0. The molecular weight excluding hydrogens is 227 g/mol. The molecule has 0 aliphatic heterocycles. The van der Waals surface area contributed by atoms with Gasteiger partial charge < -0.3 is 0 Å². The molecule has 82 valence electrons. The van der Waals surface area contributed by atoms with Gasteiger partial charge in [-0.05, 0) is 30.0 Å². The second-order valence-electron chi connectivity index (χ2n) is 4.02. The van der Waals surface area contributed by atoms with Crippen molar-refractivity contribution in [3.63, 3.8) is 0 Å². The van der Waals surface area contributed by atoms with Crippen molar-refractivity contribution >= 4 is 29.3 Å². The van der Waals surface area contributed by atoms with E-state index in [4.69, 9.17) is 23.2 Å². The third-order valence-corrected chi connectivity index (χ3v) is 3.16. The summed E-state index contributed by atoms with van der Waals surface area (Å²) in [6.07, 6.45) is 2.11. The average molecular weight is 243 g/mol. The Labute approximate surface area is 102 Å². The number of benzene rings is 1. The molecule has 0 aliphatic rings. The molecule has 15 heavy (non-hydrogen) atoms. The molecule has 1 aromatic rings. The van der Waals surface area contributed by atoms with Gasteiger partial charge in [0.05, 0.1) is 0 Å². The predicted octanol–water partition coefficient (Wildman–Crippen LogP) is 4.93. The van der Waals surface area contributed by atoms with E-state index in [0.29, 0.717) is 11.8 Å². The summed E-state index contributed by atoms with van der Waals surface area (Å²) < 4.78 is 0. The first-order valence-corrected chi connectivity index (χ1v) is 5.98. The molecule has 0 saturated heterocycles. The first kappa shape index (κ1) is 12.6. The van der Waals surface area contributed by atoms with Gasteiger partial charge in [0.2, 0.25) is 0 Å². The molecule has 0 N–H and O–H groups in total. The van der Waals surface area contributed by atoms with E-state index in [-0.39, 0.29) is 0 Å². The van der Waals surface area contributed by atoms with Gasteiger partial charge in [-0.3, -0.25) is 0 Å². The van der Waals surface area contributed by atoms with Gasteiger partial charge in [-0.2, -0.15) is 0 Å². The number of halogens is 2. The van der Waals surface area contributed by atoms with Crippen LogP contribution in [0.5, 0.6) is 0 Å². The molecule has 1 aromatic carbocycles. The fraction of sp³-hybridized carbons (Fsp3) is 0.385. The summed E-state index contributed by atoms with van der Waals surface area (Å²) in [6.45, 7) is 6.29. The number of rotatable bonds is 3. The average Bonchev–Trinajstić information content (AvgIpc) is 2.19. The van der Waals surface area contributed by atoms with Crippen molar-refractivity contribution in [1.82, 2.24) is 0 Å². The second-order valence-corrected chi connectivity index (χ2v) is 4.69. The molecule has 0 saturated carbocycles. The fourth-order valence-electron chi connectivity index (χ4n) is 1.27. The van der Waals surface area contributed by atoms with E-state index >= 15 is 0 Å².